The van der Waals surface area contributed by atoms with Crippen LogP contribution in [0, 0.1) is 0 Å². The molecule has 12 heavy (non-hydrogen) atoms. The number of hydrogen-bond donors (Lipinski definition) is 0. The van der Waals surface area contributed by atoms with Crippen LogP contribution in [-0.4, -0.2) is 6.26 Å². The van der Waals surface area contributed by atoms with Crippen molar-refractivity contribution in [2.45, 2.75) is 13.8 Å². The van der Waals surface area contributed by atoms with E-state index in [1.54, 1.807) is 11.8 Å². The highest BCUT2D eigenvalue weighted by atomic mass is 32.2. The van der Waals surface area contributed by atoms with Crippen molar-refractivity contribution < 1.29 is 0 Å². The molecule has 0 spiro atoms. The third-order valence-electron chi connectivity index (χ3n) is 1.39. The number of rotatable bonds is 4. The first-order valence-corrected chi connectivity index (χ1v) is 5.18. The Morgan fingerprint density at radius 1 is 1.17 bits per heavy atom. The lowest BCUT2D eigenvalue weighted by molar-refractivity contribution is 1.60. The Balaban J connectivity index is 4.85. The minimum Gasteiger partial charge on any atom is -0.129 e. The van der Waals surface area contributed by atoms with Crippen molar-refractivity contribution in [2.24, 2.45) is 0 Å². The monoisotopic (exact) mass is 180 g/mol. The Hall–Kier alpha value is -0.690. The second-order valence-corrected chi connectivity index (χ2v) is 3.08. The fourth-order valence-electron chi connectivity index (χ4n) is 0.864. The molecule has 0 nitrogen and oxygen atoms in total. The summed E-state index contributed by atoms with van der Waals surface area (Å²) in [6.07, 6.45) is 12.2. The molecule has 0 N–H and O–H groups in total. The van der Waals surface area contributed by atoms with E-state index in [2.05, 4.69) is 25.0 Å². The van der Waals surface area contributed by atoms with E-state index in [1.807, 2.05) is 32.1 Å². The summed E-state index contributed by atoms with van der Waals surface area (Å²) in [5.41, 5.74) is 1.18. The molecule has 0 bridgehead atoms. The Labute approximate surface area is 79.8 Å². The molecule has 0 heterocycles. The molecular formula is C11H16S. The standard InChI is InChI=1S/C11H16S/c1-5-8-10(7-3)11(12-4)9-6-2/h5-9H,3H2,1-2,4H3/b8-5-,9-6-,11-10+. The van der Waals surface area contributed by atoms with Crippen LogP contribution in [0.25, 0.3) is 0 Å². The Morgan fingerprint density at radius 2 is 1.75 bits per heavy atom. The first-order valence-electron chi connectivity index (χ1n) is 3.96. The maximum atomic E-state index is 3.77. The summed E-state index contributed by atoms with van der Waals surface area (Å²) in [5.74, 6) is 0. The molecule has 66 valence electrons. The van der Waals surface area contributed by atoms with Crippen molar-refractivity contribution in [3.63, 3.8) is 0 Å². The van der Waals surface area contributed by atoms with Gasteiger partial charge in [0.05, 0.1) is 0 Å². The van der Waals surface area contributed by atoms with Crippen molar-refractivity contribution in [1.82, 2.24) is 0 Å². The van der Waals surface area contributed by atoms with Gasteiger partial charge in [0.25, 0.3) is 0 Å². The summed E-state index contributed by atoms with van der Waals surface area (Å²) in [6.45, 7) is 7.81. The number of hydrogen-bond acceptors (Lipinski definition) is 1. The van der Waals surface area contributed by atoms with Crippen LogP contribution in [0.2, 0.25) is 0 Å². The number of thioether (sulfide) groups is 1. The summed E-state index contributed by atoms with van der Waals surface area (Å²) >= 11 is 1.74. The van der Waals surface area contributed by atoms with E-state index < -0.39 is 0 Å². The lowest BCUT2D eigenvalue weighted by Crippen LogP contribution is -1.77. The van der Waals surface area contributed by atoms with Gasteiger partial charge in [0.15, 0.2) is 0 Å². The highest BCUT2D eigenvalue weighted by molar-refractivity contribution is 8.02. The summed E-state index contributed by atoms with van der Waals surface area (Å²) in [5, 5.41) is 0. The lowest BCUT2D eigenvalue weighted by Gasteiger charge is -2.00. The van der Waals surface area contributed by atoms with E-state index in [0.29, 0.717) is 0 Å². The summed E-state index contributed by atoms with van der Waals surface area (Å²) in [6, 6.07) is 0. The minimum absolute atomic E-state index is 1.18. The molecule has 0 aromatic heterocycles. The molecule has 0 saturated heterocycles. The van der Waals surface area contributed by atoms with Crippen molar-refractivity contribution in [1.29, 1.82) is 0 Å². The maximum absolute atomic E-state index is 3.77. The average molecular weight is 180 g/mol. The van der Waals surface area contributed by atoms with Gasteiger partial charge in [-0.2, -0.15) is 0 Å². The molecule has 0 fully saturated rings. The fraction of sp³-hybridized carbons (Fsp3) is 0.273. The summed E-state index contributed by atoms with van der Waals surface area (Å²) in [4.78, 5) is 1.26. The zero-order chi connectivity index (χ0) is 9.40. The predicted octanol–water partition coefficient (Wildman–Crippen LogP) is 3.94. The lowest BCUT2D eigenvalue weighted by atomic mass is 10.2. The highest BCUT2D eigenvalue weighted by Crippen LogP contribution is 2.20. The molecule has 0 aromatic rings. The third kappa shape index (κ3) is 3.63. The van der Waals surface area contributed by atoms with Gasteiger partial charge in [-0.05, 0) is 25.7 Å². The van der Waals surface area contributed by atoms with Gasteiger partial charge in [-0.1, -0.05) is 37.0 Å². The summed E-state index contributed by atoms with van der Waals surface area (Å²) in [7, 11) is 0. The van der Waals surface area contributed by atoms with Gasteiger partial charge >= 0.3 is 0 Å². The van der Waals surface area contributed by atoms with Crippen LogP contribution >= 0.6 is 11.8 Å². The van der Waals surface area contributed by atoms with Crippen molar-refractivity contribution in [3.8, 4) is 0 Å². The van der Waals surface area contributed by atoms with E-state index in [1.165, 1.54) is 10.5 Å². The highest BCUT2D eigenvalue weighted by Gasteiger charge is 1.93. The van der Waals surface area contributed by atoms with E-state index in [4.69, 9.17) is 0 Å². The van der Waals surface area contributed by atoms with Crippen LogP contribution < -0.4 is 0 Å². The third-order valence-corrected chi connectivity index (χ3v) is 2.20. The van der Waals surface area contributed by atoms with Gasteiger partial charge in [-0.3, -0.25) is 0 Å². The van der Waals surface area contributed by atoms with Gasteiger partial charge in [0, 0.05) is 4.91 Å². The van der Waals surface area contributed by atoms with Gasteiger partial charge in [0.1, 0.15) is 0 Å². The second kappa shape index (κ2) is 6.99. The van der Waals surface area contributed by atoms with Gasteiger partial charge in [-0.15, -0.1) is 11.8 Å². The molecular weight excluding hydrogens is 164 g/mol. The van der Waals surface area contributed by atoms with Crippen LogP contribution in [0.15, 0.2) is 47.4 Å². The SMILES string of the molecule is C=CC(/C=C\C)=C(/C=C\C)SC. The summed E-state index contributed by atoms with van der Waals surface area (Å²) < 4.78 is 0. The van der Waals surface area contributed by atoms with Gasteiger partial charge < -0.3 is 0 Å². The predicted molar refractivity (Wildman–Crippen MR) is 60.4 cm³/mol. The van der Waals surface area contributed by atoms with Crippen molar-refractivity contribution in [2.75, 3.05) is 6.26 Å². The molecule has 0 aliphatic rings. The molecule has 0 aliphatic heterocycles. The van der Waals surface area contributed by atoms with Crippen LogP contribution in [0.4, 0.5) is 0 Å². The molecule has 1 heteroatoms. The first-order chi connectivity index (χ1) is 5.79. The Morgan fingerprint density at radius 3 is 2.08 bits per heavy atom. The zero-order valence-corrected chi connectivity index (χ0v) is 8.82. The molecule has 0 aliphatic carbocycles. The minimum atomic E-state index is 1.18. The van der Waals surface area contributed by atoms with Crippen LogP contribution in [0.1, 0.15) is 13.8 Å². The quantitative estimate of drug-likeness (QED) is 0.590. The molecule has 0 amide bonds. The molecule has 0 rings (SSSR count). The van der Waals surface area contributed by atoms with E-state index in [-0.39, 0.29) is 0 Å². The average Bonchev–Trinajstić information content (AvgIpc) is 2.11. The van der Waals surface area contributed by atoms with Gasteiger partial charge in [0.2, 0.25) is 0 Å². The second-order valence-electron chi connectivity index (χ2n) is 2.23. The normalized spacial score (nSPS) is 13.9. The first kappa shape index (κ1) is 11.3. The zero-order valence-electron chi connectivity index (χ0n) is 8.00. The van der Waals surface area contributed by atoms with E-state index in [0.717, 1.165) is 0 Å². The molecule has 0 aromatic carbocycles. The fourth-order valence-corrected chi connectivity index (χ4v) is 1.52. The Kier molecular flexibility index (Phi) is 6.58. The Bertz CT molecular complexity index is 219. The van der Waals surface area contributed by atoms with Crippen LogP contribution in [0.3, 0.4) is 0 Å². The maximum Gasteiger partial charge on any atom is 0.0138 e. The molecule has 0 unspecified atom stereocenters. The smallest absolute Gasteiger partial charge is 0.0138 e. The largest absolute Gasteiger partial charge is 0.129 e. The molecule has 0 radical (unpaired) electrons. The van der Waals surface area contributed by atoms with Crippen molar-refractivity contribution in [3.05, 3.63) is 47.4 Å². The van der Waals surface area contributed by atoms with Crippen molar-refractivity contribution >= 4 is 11.8 Å². The van der Waals surface area contributed by atoms with Crippen LogP contribution in [-0.2, 0) is 0 Å². The van der Waals surface area contributed by atoms with Crippen LogP contribution in [0.5, 0.6) is 0 Å². The topological polar surface area (TPSA) is 0 Å². The molecule has 0 atom stereocenters. The van der Waals surface area contributed by atoms with E-state index >= 15 is 0 Å². The molecule has 0 saturated carbocycles. The van der Waals surface area contributed by atoms with Gasteiger partial charge in [-0.25, -0.2) is 0 Å². The van der Waals surface area contributed by atoms with E-state index in [9.17, 15) is 0 Å². The number of allylic oxidation sites excluding steroid dienone is 6.